The van der Waals surface area contributed by atoms with Gasteiger partial charge >= 0.3 is 0 Å². The predicted octanol–water partition coefficient (Wildman–Crippen LogP) is 5.00. The topological polar surface area (TPSA) is 35.9 Å². The van der Waals surface area contributed by atoms with Crippen LogP contribution in [0.1, 0.15) is 45.0 Å². The maximum absolute atomic E-state index is 11.6. The number of nitrogens with zero attached hydrogens (tertiary/aromatic N) is 3. The van der Waals surface area contributed by atoms with Crippen molar-refractivity contribution >= 4 is 57.3 Å². The Bertz CT molecular complexity index is 600. The Hall–Kier alpha value is -1.11. The van der Waals surface area contributed by atoms with Crippen molar-refractivity contribution in [3.63, 3.8) is 0 Å². The average molecular weight is 402 g/mol. The van der Waals surface area contributed by atoms with Crippen LogP contribution in [0.2, 0.25) is 0 Å². The number of hydrogen-bond acceptors (Lipinski definition) is 4. The summed E-state index contributed by atoms with van der Waals surface area (Å²) in [5, 5.41) is 0.873. The smallest absolute Gasteiger partial charge is 0.171 e. The molecule has 0 aliphatic heterocycles. The molecule has 0 atom stereocenters. The van der Waals surface area contributed by atoms with Crippen LogP contribution >= 0.6 is 36.4 Å². The van der Waals surface area contributed by atoms with Crippen molar-refractivity contribution in [2.45, 2.75) is 34.6 Å². The summed E-state index contributed by atoms with van der Waals surface area (Å²) < 4.78 is 0.827. The van der Waals surface area contributed by atoms with Crippen LogP contribution in [0, 0.1) is 0 Å². The van der Waals surface area contributed by atoms with Gasteiger partial charge in [-0.05, 0) is 58.5 Å². The van der Waals surface area contributed by atoms with E-state index in [2.05, 4.69) is 37.5 Å². The molecule has 4 nitrogen and oxygen atoms in total. The highest BCUT2D eigenvalue weighted by molar-refractivity contribution is 8.32. The standard InChI is InChI=1S/C18H27N3OS2.ClH/c1-6-20(7-2)17(24-18(23)21(8-3)9-4)19-16-12-10-11-15(13-16)14(5)22;/h10-13H,6-9H2,1-5H3;1H. The minimum Gasteiger partial charge on any atom is -0.358 e. The molecule has 0 radical (unpaired) electrons. The first-order valence-electron chi connectivity index (χ1n) is 8.38. The zero-order valence-corrected chi connectivity index (χ0v) is 18.1. The van der Waals surface area contributed by atoms with E-state index in [4.69, 9.17) is 17.2 Å². The van der Waals surface area contributed by atoms with Crippen LogP contribution in [0.4, 0.5) is 5.69 Å². The van der Waals surface area contributed by atoms with Gasteiger partial charge in [0.2, 0.25) is 0 Å². The van der Waals surface area contributed by atoms with Crippen LogP contribution in [-0.4, -0.2) is 51.3 Å². The number of benzene rings is 1. The van der Waals surface area contributed by atoms with Gasteiger partial charge in [-0.2, -0.15) is 0 Å². The maximum Gasteiger partial charge on any atom is 0.171 e. The lowest BCUT2D eigenvalue weighted by Crippen LogP contribution is -2.33. The number of rotatable bonds is 6. The maximum atomic E-state index is 11.6. The number of thioether (sulfide) groups is 1. The molecule has 0 spiro atoms. The molecule has 0 saturated carbocycles. The molecule has 140 valence electrons. The number of hydrogen-bond donors (Lipinski definition) is 0. The van der Waals surface area contributed by atoms with Gasteiger partial charge in [-0.3, -0.25) is 4.79 Å². The number of aliphatic imine (C=N–C) groups is 1. The molecule has 0 fully saturated rings. The number of carbonyl (C=O) groups is 1. The summed E-state index contributed by atoms with van der Waals surface area (Å²) in [5.74, 6) is 0.0442. The van der Waals surface area contributed by atoms with Crippen molar-refractivity contribution in [2.24, 2.45) is 4.99 Å². The van der Waals surface area contributed by atoms with E-state index in [1.54, 1.807) is 6.92 Å². The van der Waals surface area contributed by atoms with Crippen LogP contribution in [0.25, 0.3) is 0 Å². The first-order chi connectivity index (χ1) is 11.5. The highest BCUT2D eigenvalue weighted by atomic mass is 35.5. The molecular formula is C18H28ClN3OS2. The molecule has 0 aliphatic carbocycles. The summed E-state index contributed by atoms with van der Waals surface area (Å²) in [6.45, 7) is 13.4. The van der Waals surface area contributed by atoms with Crippen molar-refractivity contribution in [3.05, 3.63) is 29.8 Å². The second kappa shape index (κ2) is 12.3. The zero-order valence-electron chi connectivity index (χ0n) is 15.6. The van der Waals surface area contributed by atoms with Gasteiger partial charge in [-0.25, -0.2) is 4.99 Å². The molecule has 0 aliphatic rings. The van der Waals surface area contributed by atoms with Gasteiger partial charge in [0.1, 0.15) is 4.32 Å². The normalized spacial score (nSPS) is 10.8. The molecule has 0 unspecified atom stereocenters. The molecule has 0 amide bonds. The second-order valence-corrected chi connectivity index (χ2v) is 6.81. The molecule has 0 N–H and O–H groups in total. The van der Waals surface area contributed by atoms with Crippen LogP contribution in [0.5, 0.6) is 0 Å². The molecular weight excluding hydrogens is 374 g/mol. The Kier molecular flexibility index (Phi) is 11.7. The fourth-order valence-electron chi connectivity index (χ4n) is 2.18. The SMILES string of the molecule is CCN(CC)C(=S)SC(=Nc1cccc(C(C)=O)c1)N(CC)CC.Cl. The van der Waals surface area contributed by atoms with Crippen LogP contribution in [0.15, 0.2) is 29.3 Å². The summed E-state index contributed by atoms with van der Waals surface area (Å²) in [6, 6.07) is 7.42. The van der Waals surface area contributed by atoms with E-state index in [0.717, 1.165) is 41.4 Å². The summed E-state index contributed by atoms with van der Waals surface area (Å²) >= 11 is 7.09. The number of ketones is 1. The van der Waals surface area contributed by atoms with E-state index >= 15 is 0 Å². The summed E-state index contributed by atoms with van der Waals surface area (Å²) in [6.07, 6.45) is 0. The number of Topliss-reactive ketones (excluding diaryl/α,β-unsaturated/α-hetero) is 1. The summed E-state index contributed by atoms with van der Waals surface area (Å²) in [7, 11) is 0. The Morgan fingerprint density at radius 3 is 2.12 bits per heavy atom. The third kappa shape index (κ3) is 7.34. The highest BCUT2D eigenvalue weighted by Crippen LogP contribution is 2.21. The van der Waals surface area contributed by atoms with E-state index in [1.807, 2.05) is 24.3 Å². The molecule has 7 heteroatoms. The third-order valence-electron chi connectivity index (χ3n) is 3.71. The van der Waals surface area contributed by atoms with E-state index in [-0.39, 0.29) is 18.2 Å². The summed E-state index contributed by atoms with van der Waals surface area (Å²) in [5.41, 5.74) is 1.45. The fourth-order valence-corrected chi connectivity index (χ4v) is 3.75. The molecule has 0 bridgehead atoms. The van der Waals surface area contributed by atoms with Crippen molar-refractivity contribution in [2.75, 3.05) is 26.2 Å². The molecule has 1 aromatic rings. The third-order valence-corrected chi connectivity index (χ3v) is 5.18. The predicted molar refractivity (Wildman–Crippen MR) is 117 cm³/mol. The van der Waals surface area contributed by atoms with Gasteiger partial charge in [-0.1, -0.05) is 24.4 Å². The number of halogens is 1. The molecule has 1 rings (SSSR count). The Morgan fingerprint density at radius 1 is 1.08 bits per heavy atom. The lowest BCUT2D eigenvalue weighted by Gasteiger charge is -2.26. The van der Waals surface area contributed by atoms with Crippen molar-refractivity contribution in [3.8, 4) is 0 Å². The quantitative estimate of drug-likeness (QED) is 0.290. The van der Waals surface area contributed by atoms with Crippen LogP contribution < -0.4 is 0 Å². The van der Waals surface area contributed by atoms with Gasteiger partial charge in [0.05, 0.1) is 5.69 Å². The average Bonchev–Trinajstić information content (AvgIpc) is 2.57. The Labute approximate surface area is 167 Å². The van der Waals surface area contributed by atoms with Crippen LogP contribution in [-0.2, 0) is 0 Å². The van der Waals surface area contributed by atoms with E-state index in [0.29, 0.717) is 5.56 Å². The number of carbonyl (C=O) groups excluding carboxylic acids is 1. The van der Waals surface area contributed by atoms with E-state index < -0.39 is 0 Å². The summed E-state index contributed by atoms with van der Waals surface area (Å²) in [4.78, 5) is 20.7. The molecule has 1 aromatic carbocycles. The Balaban J connectivity index is 0.00000576. The van der Waals surface area contributed by atoms with Gasteiger partial charge < -0.3 is 9.80 Å². The van der Waals surface area contributed by atoms with Crippen molar-refractivity contribution in [1.29, 1.82) is 0 Å². The molecule has 0 aromatic heterocycles. The van der Waals surface area contributed by atoms with Crippen molar-refractivity contribution < 1.29 is 4.79 Å². The molecule has 0 saturated heterocycles. The first kappa shape index (κ1) is 23.9. The lowest BCUT2D eigenvalue weighted by atomic mass is 10.1. The number of thiocarbonyl (C=S) groups is 1. The minimum atomic E-state index is 0. The second-order valence-electron chi connectivity index (χ2n) is 5.21. The van der Waals surface area contributed by atoms with Gasteiger partial charge in [0, 0.05) is 31.7 Å². The highest BCUT2D eigenvalue weighted by Gasteiger charge is 2.15. The van der Waals surface area contributed by atoms with Crippen molar-refractivity contribution in [1.82, 2.24) is 9.80 Å². The van der Waals surface area contributed by atoms with Gasteiger partial charge in [0.25, 0.3) is 0 Å². The van der Waals surface area contributed by atoms with Gasteiger partial charge in [-0.15, -0.1) is 12.4 Å². The fraction of sp³-hybridized carbons (Fsp3) is 0.500. The first-order valence-corrected chi connectivity index (χ1v) is 9.60. The van der Waals surface area contributed by atoms with E-state index in [9.17, 15) is 4.79 Å². The molecule has 25 heavy (non-hydrogen) atoms. The largest absolute Gasteiger partial charge is 0.358 e. The minimum absolute atomic E-state index is 0. The monoisotopic (exact) mass is 401 g/mol. The van der Waals surface area contributed by atoms with Gasteiger partial charge in [0.15, 0.2) is 11.0 Å². The Morgan fingerprint density at radius 2 is 1.64 bits per heavy atom. The lowest BCUT2D eigenvalue weighted by molar-refractivity contribution is 0.101. The number of amidine groups is 1. The van der Waals surface area contributed by atoms with E-state index in [1.165, 1.54) is 11.8 Å². The zero-order chi connectivity index (χ0) is 18.1. The molecule has 0 heterocycles. The van der Waals surface area contributed by atoms with Crippen LogP contribution in [0.3, 0.4) is 0 Å².